The molecule has 164 valence electrons. The van der Waals surface area contributed by atoms with Gasteiger partial charge in [0.2, 0.25) is 0 Å². The van der Waals surface area contributed by atoms with E-state index >= 15 is 0 Å². The van der Waals surface area contributed by atoms with Crippen molar-refractivity contribution in [3.8, 4) is 0 Å². The average molecular weight is 460 g/mol. The van der Waals surface area contributed by atoms with Gasteiger partial charge in [0, 0.05) is 17.6 Å². The summed E-state index contributed by atoms with van der Waals surface area (Å²) < 4.78 is 6.63. The number of thioether (sulfide) groups is 1. The van der Waals surface area contributed by atoms with Gasteiger partial charge in [0.1, 0.15) is 4.83 Å². The number of aromatic amines is 1. The number of rotatable bonds is 6. The number of H-pyrrole nitrogens is 1. The Bertz CT molecular complexity index is 1250. The molecule has 0 atom stereocenters. The lowest BCUT2D eigenvalue weighted by molar-refractivity contribution is 0.0525. The van der Waals surface area contributed by atoms with Crippen molar-refractivity contribution < 1.29 is 14.3 Å². The van der Waals surface area contributed by atoms with E-state index < -0.39 is 5.97 Å². The van der Waals surface area contributed by atoms with E-state index in [1.54, 1.807) is 43.7 Å². The average Bonchev–Trinajstić information content (AvgIpc) is 3.26. The van der Waals surface area contributed by atoms with Crippen molar-refractivity contribution in [1.82, 2.24) is 14.5 Å². The van der Waals surface area contributed by atoms with Crippen LogP contribution in [0.1, 0.15) is 62.3 Å². The Morgan fingerprint density at radius 1 is 1.26 bits per heavy atom. The first kappa shape index (κ1) is 21.8. The zero-order chi connectivity index (χ0) is 22.3. The highest BCUT2D eigenvalue weighted by Gasteiger charge is 2.24. The zero-order valence-corrected chi connectivity index (χ0v) is 19.7. The van der Waals surface area contributed by atoms with E-state index in [0.717, 1.165) is 41.5 Å². The molecule has 3 aromatic rings. The number of carbonyl (C=O) groups is 2. The normalized spacial score (nSPS) is 13.4. The van der Waals surface area contributed by atoms with Crippen LogP contribution >= 0.6 is 23.1 Å². The molecule has 4 rings (SSSR count). The Kier molecular flexibility index (Phi) is 6.07. The largest absolute Gasteiger partial charge is 0.462 e. The number of ether oxygens (including phenoxy) is 1. The molecule has 0 saturated heterocycles. The van der Waals surface area contributed by atoms with Crippen molar-refractivity contribution in [2.24, 2.45) is 7.05 Å². The third-order valence-corrected chi connectivity index (χ3v) is 7.90. The van der Waals surface area contributed by atoms with E-state index in [1.165, 1.54) is 16.6 Å². The quantitative estimate of drug-likeness (QED) is 0.259. The van der Waals surface area contributed by atoms with Crippen LogP contribution in [0, 0.1) is 13.8 Å². The molecule has 1 N–H and O–H groups in total. The maximum Gasteiger partial charge on any atom is 0.340 e. The fourth-order valence-corrected chi connectivity index (χ4v) is 6.28. The summed E-state index contributed by atoms with van der Waals surface area (Å²) in [5, 5.41) is 1.27. The van der Waals surface area contributed by atoms with Gasteiger partial charge in [-0.05, 0) is 57.6 Å². The van der Waals surface area contributed by atoms with Crippen LogP contribution in [0.15, 0.2) is 9.95 Å². The second-order valence-electron chi connectivity index (χ2n) is 7.71. The summed E-state index contributed by atoms with van der Waals surface area (Å²) in [7, 11) is 1.71. The molecule has 0 aliphatic heterocycles. The van der Waals surface area contributed by atoms with Gasteiger partial charge in [-0.15, -0.1) is 11.3 Å². The maximum atomic E-state index is 13.0. The number of hydrogen-bond acceptors (Lipinski definition) is 7. The van der Waals surface area contributed by atoms with Crippen LogP contribution < -0.4 is 5.56 Å². The van der Waals surface area contributed by atoms with Gasteiger partial charge in [-0.2, -0.15) is 0 Å². The van der Waals surface area contributed by atoms with Gasteiger partial charge >= 0.3 is 5.97 Å². The van der Waals surface area contributed by atoms with Gasteiger partial charge < -0.3 is 9.72 Å². The Labute approximate surface area is 188 Å². The summed E-state index contributed by atoms with van der Waals surface area (Å²) in [5.74, 6) is -0.475. The number of ketones is 1. The lowest BCUT2D eigenvalue weighted by Gasteiger charge is -2.10. The molecule has 0 bridgehead atoms. The molecule has 1 aliphatic rings. The predicted octanol–water partition coefficient (Wildman–Crippen LogP) is 3.97. The van der Waals surface area contributed by atoms with Gasteiger partial charge in [-0.25, -0.2) is 9.78 Å². The number of aromatic nitrogens is 3. The molecule has 0 saturated carbocycles. The minimum absolute atomic E-state index is 0.0455. The van der Waals surface area contributed by atoms with Crippen LogP contribution in [0.4, 0.5) is 0 Å². The molecule has 1 aliphatic carbocycles. The predicted molar refractivity (Wildman–Crippen MR) is 123 cm³/mol. The van der Waals surface area contributed by atoms with Gasteiger partial charge in [0.15, 0.2) is 10.9 Å². The molecule has 7 nitrogen and oxygen atoms in total. The van der Waals surface area contributed by atoms with Gasteiger partial charge in [-0.1, -0.05) is 11.8 Å². The second kappa shape index (κ2) is 8.63. The van der Waals surface area contributed by atoms with Crippen LogP contribution in [0.3, 0.4) is 0 Å². The third-order valence-electron chi connectivity index (χ3n) is 5.68. The molecular formula is C22H25N3O4S2. The van der Waals surface area contributed by atoms with E-state index in [4.69, 9.17) is 9.72 Å². The van der Waals surface area contributed by atoms with Crippen molar-refractivity contribution in [3.63, 3.8) is 0 Å². The van der Waals surface area contributed by atoms with Crippen LogP contribution in [0.5, 0.6) is 0 Å². The Hall–Kier alpha value is -2.39. The molecule has 0 radical (unpaired) electrons. The van der Waals surface area contributed by atoms with Gasteiger partial charge in [0.05, 0.1) is 29.0 Å². The standard InChI is InChI=1S/C22H25N3O4S2/c1-5-29-21(28)16-11(2)18(23-12(16)3)14(26)10-30-22-24-19-17(20(27)25(22)4)13-8-6-7-9-15(13)31-19/h23H,5-10H2,1-4H3. The van der Waals surface area contributed by atoms with Crippen molar-refractivity contribution >= 4 is 45.1 Å². The summed E-state index contributed by atoms with van der Waals surface area (Å²) in [5.41, 5.74) is 3.12. The highest BCUT2D eigenvalue weighted by molar-refractivity contribution is 7.99. The van der Waals surface area contributed by atoms with Crippen LogP contribution in [-0.4, -0.2) is 38.6 Å². The molecule has 3 heterocycles. The Morgan fingerprint density at radius 3 is 2.74 bits per heavy atom. The van der Waals surface area contributed by atoms with Crippen LogP contribution in [0.25, 0.3) is 10.2 Å². The van der Waals surface area contributed by atoms with E-state index in [2.05, 4.69) is 4.98 Å². The summed E-state index contributed by atoms with van der Waals surface area (Å²) in [6.45, 7) is 5.51. The van der Waals surface area contributed by atoms with E-state index in [1.807, 2.05) is 0 Å². The lowest BCUT2D eigenvalue weighted by Crippen LogP contribution is -2.21. The summed E-state index contributed by atoms with van der Waals surface area (Å²) in [6.07, 6.45) is 4.20. The third kappa shape index (κ3) is 3.85. The SMILES string of the molecule is CCOC(=O)c1c(C)[nH]c(C(=O)CSc2nc3sc4c(c3c(=O)n2C)CCCC4)c1C. The first-order valence-electron chi connectivity index (χ1n) is 10.4. The number of hydrogen-bond donors (Lipinski definition) is 1. The van der Waals surface area contributed by atoms with Crippen molar-refractivity contribution in [1.29, 1.82) is 0 Å². The number of fused-ring (bicyclic) bond motifs is 3. The molecule has 0 amide bonds. The topological polar surface area (TPSA) is 94.1 Å². The van der Waals surface area contributed by atoms with Gasteiger partial charge in [0.25, 0.3) is 5.56 Å². The minimum Gasteiger partial charge on any atom is -0.462 e. The fourth-order valence-electron chi connectivity index (χ4n) is 4.14. The summed E-state index contributed by atoms with van der Waals surface area (Å²) in [4.78, 5) is 47.9. The summed E-state index contributed by atoms with van der Waals surface area (Å²) >= 11 is 2.84. The van der Waals surface area contributed by atoms with Crippen molar-refractivity contribution in [2.45, 2.75) is 51.6 Å². The highest BCUT2D eigenvalue weighted by atomic mass is 32.2. The Morgan fingerprint density at radius 2 is 2.00 bits per heavy atom. The highest BCUT2D eigenvalue weighted by Crippen LogP contribution is 2.34. The number of carbonyl (C=O) groups excluding carboxylic acids is 2. The maximum absolute atomic E-state index is 13.0. The number of thiophene rings is 1. The molecule has 0 unspecified atom stereocenters. The van der Waals surface area contributed by atoms with Crippen LogP contribution in [-0.2, 0) is 24.6 Å². The molecule has 0 aromatic carbocycles. The Balaban J connectivity index is 1.59. The number of nitrogens with zero attached hydrogens (tertiary/aromatic N) is 2. The minimum atomic E-state index is -0.434. The molecular weight excluding hydrogens is 434 g/mol. The smallest absolute Gasteiger partial charge is 0.340 e. The van der Waals surface area contributed by atoms with Crippen LogP contribution in [0.2, 0.25) is 0 Å². The first-order chi connectivity index (χ1) is 14.8. The number of aryl methyl sites for hydroxylation is 3. The number of esters is 1. The molecule has 0 spiro atoms. The number of nitrogens with one attached hydrogen (secondary N) is 1. The fraction of sp³-hybridized carbons (Fsp3) is 0.455. The van der Waals surface area contributed by atoms with E-state index in [0.29, 0.717) is 27.7 Å². The molecule has 0 fully saturated rings. The summed E-state index contributed by atoms with van der Waals surface area (Å²) in [6, 6.07) is 0. The van der Waals surface area contributed by atoms with Crippen molar-refractivity contribution in [3.05, 3.63) is 43.3 Å². The second-order valence-corrected chi connectivity index (χ2v) is 9.73. The van der Waals surface area contributed by atoms with Crippen molar-refractivity contribution in [2.75, 3.05) is 12.4 Å². The monoisotopic (exact) mass is 459 g/mol. The number of Topliss-reactive ketones (excluding diaryl/α,β-unsaturated/α-hetero) is 1. The zero-order valence-electron chi connectivity index (χ0n) is 18.1. The van der Waals surface area contributed by atoms with E-state index in [9.17, 15) is 14.4 Å². The molecule has 31 heavy (non-hydrogen) atoms. The molecule has 9 heteroatoms. The molecule has 3 aromatic heterocycles. The first-order valence-corrected chi connectivity index (χ1v) is 12.2. The lowest BCUT2D eigenvalue weighted by atomic mass is 9.97. The van der Waals surface area contributed by atoms with E-state index in [-0.39, 0.29) is 23.7 Å². The van der Waals surface area contributed by atoms with Gasteiger partial charge in [-0.3, -0.25) is 14.2 Å².